The number of halogens is 1. The van der Waals surface area contributed by atoms with E-state index >= 15 is 0 Å². The summed E-state index contributed by atoms with van der Waals surface area (Å²) in [5.74, 6) is -0.380. The average molecular weight is 377 g/mol. The Bertz CT molecular complexity index is 1090. The normalized spacial score (nSPS) is 10.9. The number of pyridine rings is 1. The first-order valence-corrected chi connectivity index (χ1v) is 9.31. The van der Waals surface area contributed by atoms with Crippen LogP contribution in [0.4, 0.5) is 9.52 Å². The van der Waals surface area contributed by atoms with E-state index in [1.54, 1.807) is 24.5 Å². The molecule has 0 spiro atoms. The lowest BCUT2D eigenvalue weighted by Crippen LogP contribution is -2.14. The minimum absolute atomic E-state index is 0.129. The molecular formula is C21H16FN3OS. The molecule has 0 saturated heterocycles. The maximum Gasteiger partial charge on any atom is 0.230 e. The molecule has 0 aliphatic rings. The van der Waals surface area contributed by atoms with Gasteiger partial charge in [0.25, 0.3) is 0 Å². The lowest BCUT2D eigenvalue weighted by Gasteiger charge is -2.05. The predicted molar refractivity (Wildman–Crippen MR) is 105 cm³/mol. The first kappa shape index (κ1) is 17.3. The van der Waals surface area contributed by atoms with E-state index < -0.39 is 0 Å². The van der Waals surface area contributed by atoms with Crippen LogP contribution in [0, 0.1) is 5.82 Å². The number of para-hydroxylation sites is 1. The van der Waals surface area contributed by atoms with Crippen LogP contribution in [0.25, 0.3) is 10.9 Å². The van der Waals surface area contributed by atoms with E-state index in [4.69, 9.17) is 0 Å². The van der Waals surface area contributed by atoms with Crippen LogP contribution >= 0.6 is 11.3 Å². The van der Waals surface area contributed by atoms with Crippen LogP contribution in [0.5, 0.6) is 0 Å². The number of carbonyl (C=O) groups is 1. The standard InChI is InChI=1S/C21H16FN3OS/c22-17-8-6-14(7-9-17)11-18-13-24-21(27-18)25-19(26)12-16-4-1-3-15-5-2-10-23-20(15)16/h1-10,13H,11-12H2,(H,24,25,26). The molecule has 0 radical (unpaired) electrons. The summed E-state index contributed by atoms with van der Waals surface area (Å²) in [6.45, 7) is 0. The van der Waals surface area contributed by atoms with Crippen LogP contribution in [0.15, 0.2) is 67.0 Å². The molecule has 2 heterocycles. The van der Waals surface area contributed by atoms with E-state index in [0.29, 0.717) is 11.6 Å². The van der Waals surface area contributed by atoms with Crippen LogP contribution in [-0.2, 0) is 17.6 Å². The van der Waals surface area contributed by atoms with Crippen LogP contribution in [0.1, 0.15) is 16.0 Å². The van der Waals surface area contributed by atoms with Crippen molar-refractivity contribution in [3.63, 3.8) is 0 Å². The number of hydrogen-bond acceptors (Lipinski definition) is 4. The molecule has 2 aromatic heterocycles. The van der Waals surface area contributed by atoms with Gasteiger partial charge in [-0.3, -0.25) is 9.78 Å². The summed E-state index contributed by atoms with van der Waals surface area (Å²) < 4.78 is 13.0. The first-order valence-electron chi connectivity index (χ1n) is 8.49. The zero-order valence-electron chi connectivity index (χ0n) is 14.4. The Morgan fingerprint density at radius 2 is 1.85 bits per heavy atom. The van der Waals surface area contributed by atoms with Crippen molar-refractivity contribution in [3.05, 3.63) is 88.8 Å². The quantitative estimate of drug-likeness (QED) is 0.553. The number of nitrogens with one attached hydrogen (secondary N) is 1. The van der Waals surface area contributed by atoms with E-state index in [2.05, 4.69) is 15.3 Å². The van der Waals surface area contributed by atoms with Crippen molar-refractivity contribution in [1.82, 2.24) is 9.97 Å². The highest BCUT2D eigenvalue weighted by atomic mass is 32.1. The van der Waals surface area contributed by atoms with Crippen molar-refractivity contribution < 1.29 is 9.18 Å². The summed E-state index contributed by atoms with van der Waals surface area (Å²) in [7, 11) is 0. The molecule has 0 fully saturated rings. The fraction of sp³-hybridized carbons (Fsp3) is 0.0952. The van der Waals surface area contributed by atoms with E-state index in [1.165, 1.54) is 23.5 Å². The number of carbonyl (C=O) groups excluding carboxylic acids is 1. The lowest BCUT2D eigenvalue weighted by atomic mass is 10.1. The van der Waals surface area contributed by atoms with Gasteiger partial charge in [-0.25, -0.2) is 9.37 Å². The number of nitrogens with zero attached hydrogens (tertiary/aromatic N) is 2. The molecule has 0 atom stereocenters. The molecule has 4 rings (SSSR count). The third-order valence-corrected chi connectivity index (χ3v) is 5.07. The van der Waals surface area contributed by atoms with E-state index in [-0.39, 0.29) is 18.1 Å². The van der Waals surface area contributed by atoms with Crippen molar-refractivity contribution in [2.75, 3.05) is 5.32 Å². The van der Waals surface area contributed by atoms with Gasteiger partial charge < -0.3 is 5.32 Å². The number of hydrogen-bond donors (Lipinski definition) is 1. The van der Waals surface area contributed by atoms with Gasteiger partial charge in [-0.1, -0.05) is 36.4 Å². The smallest absolute Gasteiger partial charge is 0.230 e. The summed E-state index contributed by atoms with van der Waals surface area (Å²) in [5, 5.41) is 4.42. The number of rotatable bonds is 5. The van der Waals surface area contributed by atoms with Crippen molar-refractivity contribution in [3.8, 4) is 0 Å². The maximum atomic E-state index is 13.0. The fourth-order valence-electron chi connectivity index (χ4n) is 2.90. The van der Waals surface area contributed by atoms with Gasteiger partial charge in [0.1, 0.15) is 5.82 Å². The molecular weight excluding hydrogens is 361 g/mol. The Kier molecular flexibility index (Phi) is 4.89. The van der Waals surface area contributed by atoms with E-state index in [0.717, 1.165) is 26.9 Å². The summed E-state index contributed by atoms with van der Waals surface area (Å²) in [6, 6.07) is 16.1. The number of amides is 1. The highest BCUT2D eigenvalue weighted by Gasteiger charge is 2.11. The number of aromatic nitrogens is 2. The van der Waals surface area contributed by atoms with Crippen LogP contribution in [0.2, 0.25) is 0 Å². The largest absolute Gasteiger partial charge is 0.302 e. The highest BCUT2D eigenvalue weighted by molar-refractivity contribution is 7.15. The second-order valence-electron chi connectivity index (χ2n) is 6.15. The molecule has 1 amide bonds. The number of benzene rings is 2. The summed E-state index contributed by atoms with van der Waals surface area (Å²) >= 11 is 1.42. The van der Waals surface area contributed by atoms with E-state index in [9.17, 15) is 9.18 Å². The molecule has 0 saturated carbocycles. The second kappa shape index (κ2) is 7.63. The van der Waals surface area contributed by atoms with Crippen LogP contribution < -0.4 is 5.32 Å². The molecule has 4 nitrogen and oxygen atoms in total. The molecule has 134 valence electrons. The van der Waals surface area contributed by atoms with Crippen LogP contribution in [-0.4, -0.2) is 15.9 Å². The third kappa shape index (κ3) is 4.17. The minimum Gasteiger partial charge on any atom is -0.302 e. The molecule has 4 aromatic rings. The van der Waals surface area contributed by atoms with Crippen molar-refractivity contribution >= 4 is 33.3 Å². The lowest BCUT2D eigenvalue weighted by molar-refractivity contribution is -0.115. The monoisotopic (exact) mass is 377 g/mol. The molecule has 0 bridgehead atoms. The van der Waals surface area contributed by atoms with Gasteiger partial charge >= 0.3 is 0 Å². The Morgan fingerprint density at radius 3 is 2.70 bits per heavy atom. The summed E-state index contributed by atoms with van der Waals surface area (Å²) in [6.07, 6.45) is 4.36. The molecule has 6 heteroatoms. The fourth-order valence-corrected chi connectivity index (χ4v) is 3.76. The number of anilines is 1. The Hall–Kier alpha value is -3.12. The van der Waals surface area contributed by atoms with Crippen molar-refractivity contribution in [2.24, 2.45) is 0 Å². The van der Waals surface area contributed by atoms with Crippen molar-refractivity contribution in [2.45, 2.75) is 12.8 Å². The predicted octanol–water partition coefficient (Wildman–Crippen LogP) is 4.60. The molecule has 0 aliphatic heterocycles. The Balaban J connectivity index is 1.42. The second-order valence-corrected chi connectivity index (χ2v) is 7.27. The highest BCUT2D eigenvalue weighted by Crippen LogP contribution is 2.22. The maximum absolute atomic E-state index is 13.0. The van der Waals surface area contributed by atoms with Gasteiger partial charge in [0, 0.05) is 29.1 Å². The Labute approximate surface area is 159 Å². The molecule has 0 aliphatic carbocycles. The first-order chi connectivity index (χ1) is 13.2. The molecule has 2 aromatic carbocycles. The average Bonchev–Trinajstić information content (AvgIpc) is 3.10. The number of thiazole rings is 1. The topological polar surface area (TPSA) is 54.9 Å². The minimum atomic E-state index is -0.251. The zero-order valence-corrected chi connectivity index (χ0v) is 15.2. The molecule has 0 unspecified atom stereocenters. The van der Waals surface area contributed by atoms with Crippen molar-refractivity contribution in [1.29, 1.82) is 0 Å². The van der Waals surface area contributed by atoms with Gasteiger partial charge in [-0.15, -0.1) is 11.3 Å². The molecule has 27 heavy (non-hydrogen) atoms. The van der Waals surface area contributed by atoms with Gasteiger partial charge in [-0.2, -0.15) is 0 Å². The third-order valence-electron chi connectivity index (χ3n) is 4.16. The van der Waals surface area contributed by atoms with Gasteiger partial charge in [-0.05, 0) is 29.3 Å². The summed E-state index contributed by atoms with van der Waals surface area (Å²) in [4.78, 5) is 22.1. The van der Waals surface area contributed by atoms with Gasteiger partial charge in [0.15, 0.2) is 5.13 Å². The van der Waals surface area contributed by atoms with E-state index in [1.807, 2.05) is 30.3 Å². The SMILES string of the molecule is O=C(Cc1cccc2cccnc12)Nc1ncc(Cc2ccc(F)cc2)s1. The summed E-state index contributed by atoms with van der Waals surface area (Å²) in [5.41, 5.74) is 2.72. The Morgan fingerprint density at radius 1 is 1.04 bits per heavy atom. The molecule has 1 N–H and O–H groups in total. The zero-order chi connectivity index (χ0) is 18.6. The van der Waals surface area contributed by atoms with Gasteiger partial charge in [0.2, 0.25) is 5.91 Å². The van der Waals surface area contributed by atoms with Gasteiger partial charge in [0.05, 0.1) is 11.9 Å². The van der Waals surface area contributed by atoms with Crippen LogP contribution in [0.3, 0.4) is 0 Å². The number of fused-ring (bicyclic) bond motifs is 1.